The van der Waals surface area contributed by atoms with Crippen LogP contribution in [0.5, 0.6) is 0 Å². The molecule has 21 heavy (non-hydrogen) atoms. The molecule has 3 N–H and O–H groups in total. The van der Waals surface area contributed by atoms with E-state index in [1.165, 1.54) is 12.5 Å². The molecule has 0 bridgehead atoms. The van der Waals surface area contributed by atoms with E-state index in [0.717, 1.165) is 37.8 Å². The number of hydrogen-bond donors (Lipinski definition) is 3. The second kappa shape index (κ2) is 7.29. The van der Waals surface area contributed by atoms with Crippen molar-refractivity contribution in [1.29, 1.82) is 0 Å². The van der Waals surface area contributed by atoms with Crippen molar-refractivity contribution in [2.45, 2.75) is 38.2 Å². The summed E-state index contributed by atoms with van der Waals surface area (Å²) >= 11 is 0. The van der Waals surface area contributed by atoms with Gasteiger partial charge in [0.25, 0.3) is 0 Å². The number of benzene rings is 1. The van der Waals surface area contributed by atoms with Gasteiger partial charge in [-0.2, -0.15) is 0 Å². The normalized spacial score (nSPS) is 19.4. The highest BCUT2D eigenvalue weighted by Gasteiger charge is 2.31. The summed E-state index contributed by atoms with van der Waals surface area (Å²) in [6.45, 7) is 0.911. The average molecular weight is 299 g/mol. The highest BCUT2D eigenvalue weighted by molar-refractivity contribution is 5.21. The Morgan fingerprint density at radius 1 is 1.19 bits per heavy atom. The third kappa shape index (κ3) is 4.22. The number of halogens is 2. The van der Waals surface area contributed by atoms with Crippen LogP contribution in [0, 0.1) is 17.0 Å². The summed E-state index contributed by atoms with van der Waals surface area (Å²) in [5.41, 5.74) is -0.0372. The third-order valence-electron chi connectivity index (χ3n) is 4.41. The van der Waals surface area contributed by atoms with Gasteiger partial charge in [0.1, 0.15) is 11.6 Å². The molecule has 0 radical (unpaired) electrons. The van der Waals surface area contributed by atoms with Crippen LogP contribution in [0.25, 0.3) is 0 Å². The van der Waals surface area contributed by atoms with Crippen LogP contribution in [0.3, 0.4) is 0 Å². The van der Waals surface area contributed by atoms with E-state index in [-0.39, 0.29) is 24.1 Å². The first kappa shape index (κ1) is 16.3. The van der Waals surface area contributed by atoms with Gasteiger partial charge in [0, 0.05) is 36.7 Å². The van der Waals surface area contributed by atoms with Gasteiger partial charge >= 0.3 is 0 Å². The molecule has 2 rings (SSSR count). The summed E-state index contributed by atoms with van der Waals surface area (Å²) in [7, 11) is 0. The van der Waals surface area contributed by atoms with Crippen LogP contribution in [0.2, 0.25) is 0 Å². The minimum Gasteiger partial charge on any atom is -0.396 e. The maximum atomic E-state index is 13.6. The molecule has 0 heterocycles. The molecule has 0 aromatic heterocycles. The lowest BCUT2D eigenvalue weighted by Crippen LogP contribution is -2.40. The first-order valence-electron chi connectivity index (χ1n) is 7.51. The summed E-state index contributed by atoms with van der Waals surface area (Å²) in [4.78, 5) is 0. The Balaban J connectivity index is 1.87. The van der Waals surface area contributed by atoms with Crippen LogP contribution >= 0.6 is 0 Å². The van der Waals surface area contributed by atoms with E-state index in [1.807, 2.05) is 0 Å². The minimum atomic E-state index is -1.02. The Morgan fingerprint density at radius 3 is 2.52 bits per heavy atom. The second-order valence-electron chi connectivity index (χ2n) is 6.03. The minimum absolute atomic E-state index is 0.0885. The van der Waals surface area contributed by atoms with Gasteiger partial charge < -0.3 is 15.5 Å². The fourth-order valence-corrected chi connectivity index (χ4v) is 3.05. The van der Waals surface area contributed by atoms with E-state index in [0.29, 0.717) is 6.54 Å². The Labute approximate surface area is 124 Å². The zero-order valence-electron chi connectivity index (χ0n) is 12.1. The molecule has 0 saturated heterocycles. The molecule has 0 aliphatic heterocycles. The molecular formula is C16H23F2NO2. The van der Waals surface area contributed by atoms with Crippen molar-refractivity contribution in [3.63, 3.8) is 0 Å². The summed E-state index contributed by atoms with van der Waals surface area (Å²) in [6, 6.07) is 3.17. The highest BCUT2D eigenvalue weighted by atomic mass is 19.1. The van der Waals surface area contributed by atoms with E-state index in [4.69, 9.17) is 0 Å². The lowest BCUT2D eigenvalue weighted by atomic mass is 9.74. The molecule has 1 aliphatic rings. The standard InChI is InChI=1S/C16H23F2NO2/c17-12-4-5-13(14(18)8-12)15(21)9-19-10-16(11-20)6-2-1-3-7-16/h4-5,8,15,19-21H,1-3,6-7,9-11H2. The topological polar surface area (TPSA) is 52.5 Å². The van der Waals surface area contributed by atoms with Crippen molar-refractivity contribution < 1.29 is 19.0 Å². The van der Waals surface area contributed by atoms with Crippen LogP contribution in [0.15, 0.2) is 18.2 Å². The smallest absolute Gasteiger partial charge is 0.131 e. The van der Waals surface area contributed by atoms with Crippen LogP contribution in [0.4, 0.5) is 8.78 Å². The SMILES string of the molecule is OCC1(CNCC(O)c2ccc(F)cc2F)CCCCC1. The van der Waals surface area contributed by atoms with Crippen molar-refractivity contribution in [3.05, 3.63) is 35.4 Å². The molecule has 1 atom stereocenters. The number of aliphatic hydroxyl groups excluding tert-OH is 2. The molecule has 5 heteroatoms. The molecule has 1 fully saturated rings. The van der Waals surface area contributed by atoms with Crippen molar-refractivity contribution in [3.8, 4) is 0 Å². The number of nitrogens with one attached hydrogen (secondary N) is 1. The zero-order valence-corrected chi connectivity index (χ0v) is 12.1. The monoisotopic (exact) mass is 299 g/mol. The first-order valence-corrected chi connectivity index (χ1v) is 7.51. The van der Waals surface area contributed by atoms with Gasteiger partial charge in [-0.3, -0.25) is 0 Å². The Kier molecular flexibility index (Phi) is 5.67. The molecule has 1 saturated carbocycles. The van der Waals surface area contributed by atoms with E-state index in [1.54, 1.807) is 0 Å². The summed E-state index contributed by atoms with van der Waals surface area (Å²) in [5.74, 6) is -1.39. The number of hydrogen-bond acceptors (Lipinski definition) is 3. The Hall–Kier alpha value is -1.04. The first-order chi connectivity index (χ1) is 10.1. The van der Waals surface area contributed by atoms with Gasteiger partial charge in [-0.1, -0.05) is 25.3 Å². The van der Waals surface area contributed by atoms with Gasteiger partial charge in [0.05, 0.1) is 6.10 Å². The largest absolute Gasteiger partial charge is 0.396 e. The van der Waals surface area contributed by atoms with E-state index < -0.39 is 17.7 Å². The van der Waals surface area contributed by atoms with Crippen molar-refractivity contribution >= 4 is 0 Å². The molecule has 1 aromatic rings. The number of rotatable bonds is 6. The maximum absolute atomic E-state index is 13.6. The second-order valence-corrected chi connectivity index (χ2v) is 6.03. The van der Waals surface area contributed by atoms with Crippen LogP contribution < -0.4 is 5.32 Å². The van der Waals surface area contributed by atoms with Gasteiger partial charge in [-0.05, 0) is 18.9 Å². The molecule has 1 unspecified atom stereocenters. The predicted octanol–water partition coefficient (Wildman–Crippen LogP) is 2.53. The summed E-state index contributed by atoms with van der Waals surface area (Å²) in [6.07, 6.45) is 4.33. The maximum Gasteiger partial charge on any atom is 0.131 e. The van der Waals surface area contributed by atoms with Crippen LogP contribution in [-0.2, 0) is 0 Å². The summed E-state index contributed by atoms with van der Waals surface area (Å²) in [5, 5.41) is 22.7. The number of aliphatic hydroxyl groups is 2. The lowest BCUT2D eigenvalue weighted by Gasteiger charge is -2.36. The summed E-state index contributed by atoms with van der Waals surface area (Å²) < 4.78 is 26.4. The van der Waals surface area contributed by atoms with Gasteiger partial charge in [-0.15, -0.1) is 0 Å². The third-order valence-corrected chi connectivity index (χ3v) is 4.41. The molecule has 1 aromatic carbocycles. The van der Waals surface area contributed by atoms with Crippen molar-refractivity contribution in [1.82, 2.24) is 5.32 Å². The Morgan fingerprint density at radius 2 is 1.90 bits per heavy atom. The Bertz CT molecular complexity index is 462. The molecule has 0 amide bonds. The molecule has 1 aliphatic carbocycles. The molecule has 0 spiro atoms. The van der Waals surface area contributed by atoms with E-state index in [2.05, 4.69) is 5.32 Å². The van der Waals surface area contributed by atoms with Crippen LogP contribution in [0.1, 0.15) is 43.8 Å². The van der Waals surface area contributed by atoms with Crippen LogP contribution in [-0.4, -0.2) is 29.9 Å². The average Bonchev–Trinajstić information content (AvgIpc) is 2.48. The predicted molar refractivity (Wildman–Crippen MR) is 76.8 cm³/mol. The van der Waals surface area contributed by atoms with Crippen molar-refractivity contribution in [2.24, 2.45) is 5.41 Å². The molecule has 3 nitrogen and oxygen atoms in total. The van der Waals surface area contributed by atoms with Gasteiger partial charge in [-0.25, -0.2) is 8.78 Å². The zero-order chi connectivity index (χ0) is 15.3. The fourth-order valence-electron chi connectivity index (χ4n) is 3.05. The highest BCUT2D eigenvalue weighted by Crippen LogP contribution is 2.35. The van der Waals surface area contributed by atoms with Crippen molar-refractivity contribution in [2.75, 3.05) is 19.7 Å². The van der Waals surface area contributed by atoms with Gasteiger partial charge in [0.15, 0.2) is 0 Å². The fraction of sp³-hybridized carbons (Fsp3) is 0.625. The lowest BCUT2D eigenvalue weighted by molar-refractivity contribution is 0.0754. The van der Waals surface area contributed by atoms with Gasteiger partial charge in [0.2, 0.25) is 0 Å². The molecular weight excluding hydrogens is 276 g/mol. The van der Waals surface area contributed by atoms with E-state index in [9.17, 15) is 19.0 Å². The quantitative estimate of drug-likeness (QED) is 0.756. The molecule has 118 valence electrons. The van der Waals surface area contributed by atoms with E-state index >= 15 is 0 Å².